The van der Waals surface area contributed by atoms with Crippen LogP contribution in [0.5, 0.6) is 11.5 Å². The van der Waals surface area contributed by atoms with Gasteiger partial charge in [0.05, 0.1) is 36.0 Å². The number of benzene rings is 4. The van der Waals surface area contributed by atoms with E-state index in [1.165, 1.54) is 41.8 Å². The molecule has 10 nitrogen and oxygen atoms in total. The first-order valence-corrected chi connectivity index (χ1v) is 19.8. The molecule has 0 spiro atoms. The highest BCUT2D eigenvalue weighted by Gasteiger charge is 2.71. The Bertz CT molecular complexity index is 2280. The maximum absolute atomic E-state index is 15.4. The summed E-state index contributed by atoms with van der Waals surface area (Å²) in [5.41, 5.74) is 4.44. The molecule has 3 heterocycles. The summed E-state index contributed by atoms with van der Waals surface area (Å²) in [5, 5.41) is 13.3. The number of para-hydroxylation sites is 1. The number of nitrogens with one attached hydrogen (secondary N) is 1. The molecule has 0 radical (unpaired) electrons. The molecule has 0 bridgehead atoms. The largest absolute Gasteiger partial charge is 0.504 e. The number of ether oxygens (including phenoxy) is 1. The van der Waals surface area contributed by atoms with E-state index in [1.807, 2.05) is 24.3 Å². The number of rotatable bonds is 8. The zero-order valence-corrected chi connectivity index (χ0v) is 32.1. The normalized spacial score (nSPS) is 27.6. The Hall–Kier alpha value is -5.52. The summed E-state index contributed by atoms with van der Waals surface area (Å²) in [4.78, 5) is 63.3. The van der Waals surface area contributed by atoms with Crippen molar-refractivity contribution in [3.05, 3.63) is 136 Å². The fraction of sp³-hybridized carbons (Fsp3) is 0.333. The summed E-state index contributed by atoms with van der Waals surface area (Å²) in [6.45, 7) is 2.29. The lowest BCUT2D eigenvalue weighted by Crippen LogP contribution is -2.53. The number of phenolic OH excluding ortho intramolecular Hbond substituents is 1. The van der Waals surface area contributed by atoms with Gasteiger partial charge in [0.1, 0.15) is 5.82 Å². The van der Waals surface area contributed by atoms with Gasteiger partial charge in [0.15, 0.2) is 11.5 Å². The van der Waals surface area contributed by atoms with Gasteiger partial charge < -0.3 is 9.84 Å². The first-order valence-electron chi connectivity index (χ1n) is 19.5. The van der Waals surface area contributed by atoms with Crippen molar-refractivity contribution in [3.8, 4) is 11.5 Å². The second-order valence-corrected chi connectivity index (χ2v) is 16.2. The summed E-state index contributed by atoms with van der Waals surface area (Å²) >= 11 is 6.40. The van der Waals surface area contributed by atoms with Crippen LogP contribution < -0.4 is 10.2 Å². The summed E-state index contributed by atoms with van der Waals surface area (Å²) in [6, 6.07) is 27.2. The van der Waals surface area contributed by atoms with Crippen LogP contribution in [0.4, 0.5) is 10.1 Å². The third-order valence-corrected chi connectivity index (χ3v) is 13.3. The predicted molar refractivity (Wildman–Crippen MR) is 210 cm³/mol. The lowest BCUT2D eigenvalue weighted by molar-refractivity contribution is -0.144. The molecule has 292 valence electrons. The molecule has 4 fully saturated rings. The second-order valence-electron chi connectivity index (χ2n) is 15.8. The van der Waals surface area contributed by atoms with Gasteiger partial charge in [-0.2, -0.15) is 5.01 Å². The van der Waals surface area contributed by atoms with Gasteiger partial charge in [0.2, 0.25) is 11.8 Å². The molecule has 0 aromatic heterocycles. The van der Waals surface area contributed by atoms with E-state index in [2.05, 4.69) is 22.5 Å². The number of hydrogen-bond donors (Lipinski definition) is 2. The molecular weight excluding hydrogens is 747 g/mol. The van der Waals surface area contributed by atoms with Crippen molar-refractivity contribution in [1.29, 1.82) is 0 Å². The first-order chi connectivity index (χ1) is 27.6. The van der Waals surface area contributed by atoms with E-state index in [0.717, 1.165) is 30.2 Å². The van der Waals surface area contributed by atoms with Crippen LogP contribution in [-0.2, 0) is 31.1 Å². The molecule has 1 saturated carbocycles. The van der Waals surface area contributed by atoms with Crippen molar-refractivity contribution < 1.29 is 33.4 Å². The number of piperidine rings is 1. The van der Waals surface area contributed by atoms with Gasteiger partial charge in [0.25, 0.3) is 11.8 Å². The number of phenols is 1. The molecular formula is C45H42ClFN4O6. The van der Waals surface area contributed by atoms with Gasteiger partial charge in [-0.25, -0.2) is 4.39 Å². The Kier molecular flexibility index (Phi) is 9.40. The van der Waals surface area contributed by atoms with Crippen LogP contribution >= 0.6 is 11.6 Å². The average Bonchev–Trinajstić information content (AvgIpc) is 3.60. The van der Waals surface area contributed by atoms with Crippen molar-refractivity contribution in [2.24, 2.45) is 23.7 Å². The van der Waals surface area contributed by atoms with Crippen molar-refractivity contribution in [2.75, 3.05) is 25.6 Å². The van der Waals surface area contributed by atoms with Gasteiger partial charge in [-0.1, -0.05) is 77.8 Å². The van der Waals surface area contributed by atoms with E-state index < -0.39 is 52.6 Å². The van der Waals surface area contributed by atoms with Crippen LogP contribution in [0.15, 0.2) is 109 Å². The number of nitrogens with zero attached hydrogens (tertiary/aromatic N) is 3. The third-order valence-electron chi connectivity index (χ3n) is 13.0. The Balaban J connectivity index is 1.12. The highest BCUT2D eigenvalue weighted by molar-refractivity contribution is 6.30. The van der Waals surface area contributed by atoms with Crippen LogP contribution in [-0.4, -0.2) is 69.8 Å². The zero-order chi connectivity index (χ0) is 39.6. The fourth-order valence-electron chi connectivity index (χ4n) is 10.5. The SMILES string of the molecule is COc1cccc(C2C3=CCC4C(=O)N(C5CCN(Cc6ccccc6)CC5)C(=O)C4C3CC3C(=O)N(Nc4ccc(F)cc4)C(=O)C32c2ccc(Cl)cc2)c1O. The summed E-state index contributed by atoms with van der Waals surface area (Å²) in [7, 11) is 1.44. The standard InChI is InChI=1S/C45H42ClFN4O6/c1-57-37-9-5-8-34(40(37)52)39-32-18-19-33-38(43(55)50(41(33)53)31-20-22-49(23-21-31)25-26-6-3-2-4-7-26)35(32)24-36-42(54)51(48-30-16-14-29(47)15-17-30)44(56)45(36,39)27-10-12-28(46)13-11-27/h2-18,31,33,35-36,38-39,48,52H,19-25H2,1H3. The number of aromatic hydroxyl groups is 1. The number of carbonyl (C=O) groups excluding carboxylic acids is 4. The quantitative estimate of drug-likeness (QED) is 0.147. The maximum atomic E-state index is 15.4. The Morgan fingerprint density at radius 1 is 0.860 bits per heavy atom. The Morgan fingerprint density at radius 2 is 1.58 bits per heavy atom. The van der Waals surface area contributed by atoms with E-state index in [1.54, 1.807) is 42.5 Å². The van der Waals surface area contributed by atoms with Gasteiger partial charge in [0, 0.05) is 42.2 Å². The minimum absolute atomic E-state index is 0.103. The summed E-state index contributed by atoms with van der Waals surface area (Å²) in [6.07, 6.45) is 3.66. The van der Waals surface area contributed by atoms with Crippen LogP contribution in [0, 0.1) is 29.5 Å². The van der Waals surface area contributed by atoms with E-state index in [4.69, 9.17) is 16.3 Å². The maximum Gasteiger partial charge on any atom is 0.260 e. The van der Waals surface area contributed by atoms with E-state index >= 15 is 4.79 Å². The van der Waals surface area contributed by atoms with Gasteiger partial charge >= 0.3 is 0 Å². The van der Waals surface area contributed by atoms with Crippen molar-refractivity contribution >= 4 is 40.9 Å². The molecule has 4 amide bonds. The molecule has 3 aliphatic heterocycles. The first kappa shape index (κ1) is 37.1. The molecule has 2 aliphatic carbocycles. The number of hydrogen-bond acceptors (Lipinski definition) is 8. The van der Waals surface area contributed by atoms with Crippen molar-refractivity contribution in [2.45, 2.75) is 49.6 Å². The minimum atomic E-state index is -1.62. The molecule has 5 aliphatic rings. The molecule has 6 unspecified atom stereocenters. The molecule has 4 aromatic rings. The predicted octanol–water partition coefficient (Wildman–Crippen LogP) is 6.84. The number of imide groups is 2. The number of carbonyl (C=O) groups is 4. The van der Waals surface area contributed by atoms with Crippen molar-refractivity contribution in [3.63, 3.8) is 0 Å². The summed E-state index contributed by atoms with van der Waals surface area (Å²) < 4.78 is 19.5. The van der Waals surface area contributed by atoms with Crippen LogP contribution in [0.3, 0.4) is 0 Å². The number of halogens is 2. The number of anilines is 1. The molecule has 3 saturated heterocycles. The number of likely N-dealkylation sites (tertiary alicyclic amines) is 2. The van der Waals surface area contributed by atoms with Crippen LogP contribution in [0.1, 0.15) is 48.3 Å². The molecule has 57 heavy (non-hydrogen) atoms. The Morgan fingerprint density at radius 3 is 2.28 bits per heavy atom. The number of amides is 4. The fourth-order valence-corrected chi connectivity index (χ4v) is 10.6. The van der Waals surface area contributed by atoms with Crippen LogP contribution in [0.2, 0.25) is 5.02 Å². The smallest absolute Gasteiger partial charge is 0.260 e. The number of fused-ring (bicyclic) bond motifs is 4. The zero-order valence-electron chi connectivity index (χ0n) is 31.3. The minimum Gasteiger partial charge on any atom is -0.504 e. The topological polar surface area (TPSA) is 119 Å². The Labute approximate surface area is 334 Å². The van der Waals surface area contributed by atoms with Gasteiger partial charge in [-0.15, -0.1) is 0 Å². The van der Waals surface area contributed by atoms with Crippen LogP contribution in [0.25, 0.3) is 0 Å². The number of allylic oxidation sites excluding steroid dienone is 2. The highest BCUT2D eigenvalue weighted by Crippen LogP contribution is 2.65. The lowest BCUT2D eigenvalue weighted by Gasteiger charge is -2.50. The van der Waals surface area contributed by atoms with Crippen molar-refractivity contribution in [1.82, 2.24) is 14.8 Å². The molecule has 6 atom stereocenters. The third kappa shape index (κ3) is 5.93. The number of hydrazine groups is 1. The summed E-state index contributed by atoms with van der Waals surface area (Å²) in [5.74, 6) is -5.97. The van der Waals surface area contributed by atoms with Gasteiger partial charge in [-0.3, -0.25) is 34.4 Å². The lowest BCUT2D eigenvalue weighted by atomic mass is 9.49. The monoisotopic (exact) mass is 788 g/mol. The molecule has 4 aromatic carbocycles. The van der Waals surface area contributed by atoms with E-state index in [9.17, 15) is 23.9 Å². The van der Waals surface area contributed by atoms with E-state index in [-0.39, 0.29) is 42.2 Å². The molecule has 9 rings (SSSR count). The molecule has 2 N–H and O–H groups in total. The van der Waals surface area contributed by atoms with Gasteiger partial charge in [-0.05, 0) is 85.2 Å². The molecule has 12 heteroatoms. The number of methoxy groups -OCH3 is 1. The van der Waals surface area contributed by atoms with E-state index in [0.29, 0.717) is 34.7 Å². The second kappa shape index (κ2) is 14.5. The highest BCUT2D eigenvalue weighted by atomic mass is 35.5. The average molecular weight is 789 g/mol.